The average Bonchev–Trinajstić information content (AvgIpc) is 2.54. The molecule has 2 aliphatic rings. The normalized spacial score (nSPS) is 24.8. The largest absolute Gasteiger partial charge is 0.312 e. The fourth-order valence-corrected chi connectivity index (χ4v) is 3.72. The Morgan fingerprint density at radius 3 is 2.50 bits per heavy atom. The molecule has 20 heavy (non-hydrogen) atoms. The summed E-state index contributed by atoms with van der Waals surface area (Å²) in [5.74, 6) is 0.529. The minimum atomic E-state index is 0.439. The Morgan fingerprint density at radius 2 is 1.60 bits per heavy atom. The summed E-state index contributed by atoms with van der Waals surface area (Å²) in [7, 11) is 0. The highest BCUT2D eigenvalue weighted by Crippen LogP contribution is 2.37. The molecule has 0 saturated heterocycles. The van der Waals surface area contributed by atoms with Crippen molar-refractivity contribution in [3.8, 4) is 0 Å². The molecule has 0 amide bonds. The van der Waals surface area contributed by atoms with Crippen molar-refractivity contribution in [1.29, 1.82) is 0 Å². The summed E-state index contributed by atoms with van der Waals surface area (Å²) in [5.41, 5.74) is 5.97. The van der Waals surface area contributed by atoms with Crippen LogP contribution < -0.4 is 10.6 Å². The molecule has 2 N–H and O–H groups in total. The molecule has 0 spiro atoms. The maximum Gasteiger partial charge on any atom is 0.0404 e. The highest BCUT2D eigenvalue weighted by molar-refractivity contribution is 5.40. The van der Waals surface area contributed by atoms with Gasteiger partial charge >= 0.3 is 0 Å². The van der Waals surface area contributed by atoms with E-state index in [1.807, 2.05) is 0 Å². The zero-order valence-electron chi connectivity index (χ0n) is 11.6. The van der Waals surface area contributed by atoms with Gasteiger partial charge in [-0.25, -0.2) is 0 Å². The molecule has 102 valence electrons. The summed E-state index contributed by atoms with van der Waals surface area (Å²) >= 11 is 0. The maximum atomic E-state index is 3.75. The van der Waals surface area contributed by atoms with Crippen molar-refractivity contribution < 1.29 is 0 Å². The van der Waals surface area contributed by atoms with Crippen LogP contribution in [0.4, 0.5) is 0 Å². The summed E-state index contributed by atoms with van der Waals surface area (Å²) in [4.78, 5) is 0. The van der Waals surface area contributed by atoms with Gasteiger partial charge in [-0.1, -0.05) is 48.5 Å². The Hall–Kier alpha value is -1.64. The Kier molecular flexibility index (Phi) is 3.06. The van der Waals surface area contributed by atoms with E-state index in [-0.39, 0.29) is 0 Å². The van der Waals surface area contributed by atoms with Crippen LogP contribution in [0.3, 0.4) is 0 Å². The number of nitrogens with one attached hydrogen (secondary N) is 2. The van der Waals surface area contributed by atoms with Crippen LogP contribution in [0, 0.1) is 0 Å². The van der Waals surface area contributed by atoms with Crippen LogP contribution in [-0.2, 0) is 13.0 Å². The van der Waals surface area contributed by atoms with Gasteiger partial charge < -0.3 is 10.6 Å². The minimum absolute atomic E-state index is 0.439. The molecule has 2 heterocycles. The van der Waals surface area contributed by atoms with Crippen LogP contribution in [0.5, 0.6) is 0 Å². The lowest BCUT2D eigenvalue weighted by atomic mass is 9.79. The molecule has 4 rings (SSSR count). The second-order valence-corrected chi connectivity index (χ2v) is 5.82. The highest BCUT2D eigenvalue weighted by Gasteiger charge is 2.31. The number of fused-ring (bicyclic) bond motifs is 2. The summed E-state index contributed by atoms with van der Waals surface area (Å²) in [6, 6.07) is 18.2. The molecule has 0 fully saturated rings. The molecular formula is C18H20N2. The first kappa shape index (κ1) is 12.1. The van der Waals surface area contributed by atoms with Gasteiger partial charge in [-0.2, -0.15) is 0 Å². The van der Waals surface area contributed by atoms with E-state index in [1.165, 1.54) is 22.3 Å². The predicted molar refractivity (Wildman–Crippen MR) is 81.8 cm³/mol. The predicted octanol–water partition coefficient (Wildman–Crippen LogP) is 2.76. The highest BCUT2D eigenvalue weighted by atomic mass is 15.0. The molecule has 2 aromatic carbocycles. The second-order valence-electron chi connectivity index (χ2n) is 5.82. The van der Waals surface area contributed by atoms with E-state index in [1.54, 1.807) is 0 Å². The Bertz CT molecular complexity index is 565. The summed E-state index contributed by atoms with van der Waals surface area (Å²) in [6.07, 6.45) is 1.15. The fourth-order valence-electron chi connectivity index (χ4n) is 3.72. The molecule has 2 aromatic rings. The summed E-state index contributed by atoms with van der Waals surface area (Å²) in [6.45, 7) is 3.14. The van der Waals surface area contributed by atoms with E-state index < -0.39 is 0 Å². The third kappa shape index (κ3) is 1.96. The molecule has 0 aliphatic carbocycles. The molecule has 2 nitrogen and oxygen atoms in total. The number of benzene rings is 2. The van der Waals surface area contributed by atoms with Crippen LogP contribution in [0.1, 0.15) is 34.2 Å². The third-order valence-electron chi connectivity index (χ3n) is 4.69. The van der Waals surface area contributed by atoms with Crippen LogP contribution in [-0.4, -0.2) is 13.1 Å². The quantitative estimate of drug-likeness (QED) is 0.827. The number of hydrogen-bond acceptors (Lipinski definition) is 2. The van der Waals surface area contributed by atoms with Crippen molar-refractivity contribution in [3.05, 3.63) is 70.8 Å². The van der Waals surface area contributed by atoms with Gasteiger partial charge in [-0.3, -0.25) is 0 Å². The first-order valence-corrected chi connectivity index (χ1v) is 7.53. The number of hydrogen-bond donors (Lipinski definition) is 2. The van der Waals surface area contributed by atoms with E-state index >= 15 is 0 Å². The number of rotatable bonds is 1. The van der Waals surface area contributed by atoms with Gasteiger partial charge in [0.25, 0.3) is 0 Å². The SMILES string of the molecule is c1ccc2c(c1)CNCC2C1NCCc2ccccc21. The third-order valence-corrected chi connectivity index (χ3v) is 4.69. The standard InChI is InChI=1S/C18H20N2/c1-4-8-16-13(5-1)9-10-20-18(16)17-12-19-11-14-6-2-3-7-15(14)17/h1-8,17-20H,9-12H2. The lowest BCUT2D eigenvalue weighted by Gasteiger charge is -2.37. The van der Waals surface area contributed by atoms with Crippen molar-refractivity contribution in [3.63, 3.8) is 0 Å². The van der Waals surface area contributed by atoms with E-state index in [0.717, 1.165) is 26.1 Å². The van der Waals surface area contributed by atoms with E-state index in [2.05, 4.69) is 59.2 Å². The van der Waals surface area contributed by atoms with Gasteiger partial charge in [0.2, 0.25) is 0 Å². The lowest BCUT2D eigenvalue weighted by Crippen LogP contribution is -2.40. The molecule has 2 aliphatic heterocycles. The summed E-state index contributed by atoms with van der Waals surface area (Å²) < 4.78 is 0. The summed E-state index contributed by atoms with van der Waals surface area (Å²) in [5, 5.41) is 7.33. The smallest absolute Gasteiger partial charge is 0.0404 e. The van der Waals surface area contributed by atoms with Crippen molar-refractivity contribution in [2.45, 2.75) is 24.9 Å². The van der Waals surface area contributed by atoms with Crippen molar-refractivity contribution in [2.24, 2.45) is 0 Å². The lowest BCUT2D eigenvalue weighted by molar-refractivity contribution is 0.391. The topological polar surface area (TPSA) is 24.1 Å². The Balaban J connectivity index is 1.77. The van der Waals surface area contributed by atoms with E-state index in [0.29, 0.717) is 12.0 Å². The van der Waals surface area contributed by atoms with E-state index in [9.17, 15) is 0 Å². The molecule has 2 atom stereocenters. The van der Waals surface area contributed by atoms with Crippen molar-refractivity contribution in [1.82, 2.24) is 10.6 Å². The Labute approximate surface area is 120 Å². The molecule has 2 heteroatoms. The van der Waals surface area contributed by atoms with Gasteiger partial charge in [0, 0.05) is 25.0 Å². The average molecular weight is 264 g/mol. The van der Waals surface area contributed by atoms with Crippen LogP contribution in [0.2, 0.25) is 0 Å². The minimum Gasteiger partial charge on any atom is -0.312 e. The first-order chi connectivity index (χ1) is 9.93. The van der Waals surface area contributed by atoms with Crippen LogP contribution in [0.25, 0.3) is 0 Å². The molecule has 0 aromatic heterocycles. The molecule has 0 radical (unpaired) electrons. The van der Waals surface area contributed by atoms with Gasteiger partial charge in [-0.15, -0.1) is 0 Å². The van der Waals surface area contributed by atoms with Gasteiger partial charge in [-0.05, 0) is 35.2 Å². The van der Waals surface area contributed by atoms with Gasteiger partial charge in [0.15, 0.2) is 0 Å². The van der Waals surface area contributed by atoms with Crippen LogP contribution >= 0.6 is 0 Å². The van der Waals surface area contributed by atoms with Gasteiger partial charge in [0.05, 0.1) is 0 Å². The van der Waals surface area contributed by atoms with Crippen LogP contribution in [0.15, 0.2) is 48.5 Å². The zero-order chi connectivity index (χ0) is 13.4. The molecule has 0 bridgehead atoms. The van der Waals surface area contributed by atoms with E-state index in [4.69, 9.17) is 0 Å². The molecule has 0 saturated carbocycles. The first-order valence-electron chi connectivity index (χ1n) is 7.53. The molecular weight excluding hydrogens is 244 g/mol. The monoisotopic (exact) mass is 264 g/mol. The fraction of sp³-hybridized carbons (Fsp3) is 0.333. The zero-order valence-corrected chi connectivity index (χ0v) is 11.6. The van der Waals surface area contributed by atoms with Gasteiger partial charge in [0.1, 0.15) is 0 Å². The van der Waals surface area contributed by atoms with Crippen molar-refractivity contribution >= 4 is 0 Å². The second kappa shape index (κ2) is 5.04. The maximum absolute atomic E-state index is 3.75. The van der Waals surface area contributed by atoms with Crippen molar-refractivity contribution in [2.75, 3.05) is 13.1 Å². The Morgan fingerprint density at radius 1 is 0.850 bits per heavy atom. The molecule has 2 unspecified atom stereocenters.